The lowest BCUT2D eigenvalue weighted by atomic mass is 9.82. The summed E-state index contributed by atoms with van der Waals surface area (Å²) in [4.78, 5) is 11.2. The highest BCUT2D eigenvalue weighted by molar-refractivity contribution is 7.89. The maximum Gasteiger partial charge on any atom is 0.507 e. The van der Waals surface area contributed by atoms with Crippen LogP contribution in [0.5, 0.6) is 0 Å². The van der Waals surface area contributed by atoms with Crippen molar-refractivity contribution in [3.05, 3.63) is 29.8 Å². The summed E-state index contributed by atoms with van der Waals surface area (Å²) in [5.41, 5.74) is 1.05. The van der Waals surface area contributed by atoms with E-state index in [9.17, 15) is 13.2 Å². The van der Waals surface area contributed by atoms with Crippen LogP contribution in [0.3, 0.4) is 0 Å². The number of carbonyl (C=O) groups is 1. The molecule has 144 valence electrons. The van der Waals surface area contributed by atoms with Crippen LogP contribution in [-0.4, -0.2) is 36.3 Å². The van der Waals surface area contributed by atoms with Crippen molar-refractivity contribution in [2.24, 2.45) is 5.92 Å². The van der Waals surface area contributed by atoms with Gasteiger partial charge in [-0.3, -0.25) is 0 Å². The van der Waals surface area contributed by atoms with Gasteiger partial charge in [0.1, 0.15) is 0 Å². The predicted octanol–water partition coefficient (Wildman–Crippen LogP) is 3.96. The fourth-order valence-electron chi connectivity index (χ4n) is 4.16. The molecule has 2 fully saturated rings. The van der Waals surface area contributed by atoms with E-state index >= 15 is 0 Å². The van der Waals surface area contributed by atoms with Crippen LogP contribution in [0.1, 0.15) is 58.4 Å². The lowest BCUT2D eigenvalue weighted by Crippen LogP contribution is -2.43. The molecule has 3 unspecified atom stereocenters. The van der Waals surface area contributed by atoms with E-state index in [2.05, 4.69) is 20.8 Å². The van der Waals surface area contributed by atoms with Crippen molar-refractivity contribution in [1.82, 2.24) is 4.31 Å². The quantitative estimate of drug-likeness (QED) is 0.781. The average molecular weight is 381 g/mol. The first-order chi connectivity index (χ1) is 12.2. The fourth-order valence-corrected chi connectivity index (χ4v) is 5.95. The third-order valence-electron chi connectivity index (χ3n) is 6.07. The Balaban J connectivity index is 1.93. The lowest BCUT2D eigenvalue weighted by molar-refractivity contribution is 0.00937. The first-order valence-corrected chi connectivity index (χ1v) is 10.6. The maximum atomic E-state index is 13.3. The number of carboxylic acid groups (broad SMARTS) is 1. The van der Waals surface area contributed by atoms with E-state index in [1.165, 1.54) is 4.31 Å². The second kappa shape index (κ2) is 6.85. The van der Waals surface area contributed by atoms with Crippen LogP contribution in [0.4, 0.5) is 4.79 Å². The van der Waals surface area contributed by atoms with E-state index in [1.807, 2.05) is 12.1 Å². The van der Waals surface area contributed by atoms with Crippen molar-refractivity contribution in [1.29, 1.82) is 0 Å². The Labute approximate surface area is 155 Å². The summed E-state index contributed by atoms with van der Waals surface area (Å²) in [6.45, 7) is 6.34. The van der Waals surface area contributed by atoms with Gasteiger partial charge in [-0.05, 0) is 48.3 Å². The molecule has 2 aliphatic rings. The van der Waals surface area contributed by atoms with Crippen molar-refractivity contribution < 1.29 is 23.1 Å². The van der Waals surface area contributed by atoms with Gasteiger partial charge in [-0.1, -0.05) is 39.3 Å². The van der Waals surface area contributed by atoms with Crippen LogP contribution in [0.15, 0.2) is 29.2 Å². The Morgan fingerprint density at radius 3 is 2.50 bits per heavy atom. The highest BCUT2D eigenvalue weighted by Gasteiger charge is 2.51. The Hall–Kier alpha value is -1.60. The summed E-state index contributed by atoms with van der Waals surface area (Å²) in [6.07, 6.45) is 1.66. The van der Waals surface area contributed by atoms with Crippen LogP contribution in [0.25, 0.3) is 0 Å². The van der Waals surface area contributed by atoms with E-state index in [0.29, 0.717) is 6.42 Å². The first-order valence-electron chi connectivity index (χ1n) is 9.20. The van der Waals surface area contributed by atoms with Crippen LogP contribution in [-0.2, 0) is 20.2 Å². The zero-order valence-electron chi connectivity index (χ0n) is 15.5. The van der Waals surface area contributed by atoms with Crippen LogP contribution < -0.4 is 0 Å². The molecule has 7 heteroatoms. The minimum atomic E-state index is -3.81. The monoisotopic (exact) mass is 381 g/mol. The molecule has 1 aromatic rings. The molecule has 0 bridgehead atoms. The average Bonchev–Trinajstić information content (AvgIpc) is 3.14. The number of nitrogens with zero attached hydrogens (tertiary/aromatic N) is 1. The number of hydrogen-bond donors (Lipinski definition) is 1. The molecular formula is C19H27NO5S. The normalized spacial score (nSPS) is 26.7. The number of rotatable bonds is 5. The molecule has 0 aromatic heterocycles. The summed E-state index contributed by atoms with van der Waals surface area (Å²) in [6, 6.07) is 6.79. The third-order valence-corrected chi connectivity index (χ3v) is 7.99. The Kier molecular flexibility index (Phi) is 5.05. The van der Waals surface area contributed by atoms with Crippen molar-refractivity contribution in [2.75, 3.05) is 0 Å². The molecule has 1 aliphatic heterocycles. The predicted molar refractivity (Wildman–Crippen MR) is 97.4 cm³/mol. The number of fused-ring (bicyclic) bond motifs is 1. The van der Waals surface area contributed by atoms with Crippen LogP contribution in [0, 0.1) is 5.92 Å². The minimum Gasteiger partial charge on any atom is -0.450 e. The fraction of sp³-hybridized carbons (Fsp3) is 0.632. The Morgan fingerprint density at radius 2 is 1.92 bits per heavy atom. The highest BCUT2D eigenvalue weighted by Crippen LogP contribution is 2.44. The van der Waals surface area contributed by atoms with Crippen LogP contribution in [0.2, 0.25) is 0 Å². The smallest absolute Gasteiger partial charge is 0.450 e. The van der Waals surface area contributed by atoms with Gasteiger partial charge in [0, 0.05) is 12.5 Å². The van der Waals surface area contributed by atoms with Crippen molar-refractivity contribution in [2.45, 2.75) is 75.5 Å². The highest BCUT2D eigenvalue weighted by atomic mass is 32.2. The molecule has 0 spiro atoms. The minimum absolute atomic E-state index is 0.0264. The molecule has 1 saturated carbocycles. The Morgan fingerprint density at radius 1 is 1.27 bits per heavy atom. The van der Waals surface area contributed by atoms with Gasteiger partial charge in [-0.2, -0.15) is 4.31 Å². The van der Waals surface area contributed by atoms with E-state index in [-0.39, 0.29) is 22.3 Å². The molecule has 1 aliphatic carbocycles. The summed E-state index contributed by atoms with van der Waals surface area (Å²) in [7, 11) is -3.81. The molecule has 0 amide bonds. The molecule has 1 N–H and O–H groups in total. The van der Waals surface area contributed by atoms with Gasteiger partial charge in [-0.25, -0.2) is 13.2 Å². The SMILES string of the molecule is CCC(C)(C)c1ccc(S(=O)(=O)N2C(OC(=O)O)CC3CCCC32)cc1. The van der Waals surface area contributed by atoms with Gasteiger partial charge in [0.2, 0.25) is 10.0 Å². The van der Waals surface area contributed by atoms with Gasteiger partial charge in [0.25, 0.3) is 0 Å². The van der Waals surface area contributed by atoms with Gasteiger partial charge < -0.3 is 9.84 Å². The number of hydrogen-bond acceptors (Lipinski definition) is 4. The molecule has 0 radical (unpaired) electrons. The van der Waals surface area contributed by atoms with Gasteiger partial charge in [0.05, 0.1) is 4.90 Å². The Bertz CT molecular complexity index is 772. The zero-order valence-corrected chi connectivity index (χ0v) is 16.3. The molecule has 1 saturated heterocycles. The van der Waals surface area contributed by atoms with Gasteiger partial charge in [-0.15, -0.1) is 0 Å². The molecule has 26 heavy (non-hydrogen) atoms. The topological polar surface area (TPSA) is 83.9 Å². The second-order valence-electron chi connectivity index (χ2n) is 7.93. The van der Waals surface area contributed by atoms with Crippen molar-refractivity contribution in [3.8, 4) is 0 Å². The first kappa shape index (κ1) is 19.2. The largest absolute Gasteiger partial charge is 0.507 e. The standard InChI is InChI=1S/C19H27NO5S/c1-4-19(2,3)14-8-10-15(11-9-14)26(23,24)20-16-7-5-6-13(16)12-17(20)25-18(21)22/h8-11,13,16-17H,4-7,12H2,1-3H3,(H,21,22). The zero-order chi connectivity index (χ0) is 19.1. The number of sulfonamides is 1. The molecule has 6 nitrogen and oxygen atoms in total. The second-order valence-corrected chi connectivity index (χ2v) is 9.77. The van der Waals surface area contributed by atoms with E-state index < -0.39 is 22.4 Å². The van der Waals surface area contributed by atoms with E-state index in [1.54, 1.807) is 12.1 Å². The number of benzene rings is 1. The van der Waals surface area contributed by atoms with Gasteiger partial charge >= 0.3 is 6.16 Å². The third kappa shape index (κ3) is 3.34. The summed E-state index contributed by atoms with van der Waals surface area (Å²) in [5.74, 6) is 0.174. The van der Waals surface area contributed by atoms with Crippen molar-refractivity contribution in [3.63, 3.8) is 0 Å². The molecule has 3 atom stereocenters. The van der Waals surface area contributed by atoms with E-state index in [0.717, 1.165) is 31.2 Å². The molecule has 1 aromatic carbocycles. The molecular weight excluding hydrogens is 354 g/mol. The van der Waals surface area contributed by atoms with Crippen molar-refractivity contribution >= 4 is 16.2 Å². The molecule has 1 heterocycles. The summed E-state index contributed by atoms with van der Waals surface area (Å²) >= 11 is 0. The summed E-state index contributed by atoms with van der Waals surface area (Å²) < 4.78 is 32.7. The summed E-state index contributed by atoms with van der Waals surface area (Å²) in [5, 5.41) is 9.00. The van der Waals surface area contributed by atoms with Crippen LogP contribution >= 0.6 is 0 Å². The maximum absolute atomic E-state index is 13.3. The molecule has 3 rings (SSSR count). The number of ether oxygens (including phenoxy) is 1. The van der Waals surface area contributed by atoms with Gasteiger partial charge in [0.15, 0.2) is 6.23 Å². The lowest BCUT2D eigenvalue weighted by Gasteiger charge is -2.28. The van der Waals surface area contributed by atoms with E-state index in [4.69, 9.17) is 9.84 Å².